The topological polar surface area (TPSA) is 0 Å². The molecule has 0 fully saturated rings. The molecule has 0 aromatic rings. The second kappa shape index (κ2) is 11.0. The second-order valence-electron chi connectivity index (χ2n) is 0.707. The van der Waals surface area contributed by atoms with Crippen LogP contribution in [0, 0.1) is 0 Å². The molecular formula is C3H6Cl4Si. The first-order valence-electron chi connectivity index (χ1n) is 1.78. The van der Waals surface area contributed by atoms with Crippen LogP contribution in [0.15, 0.2) is 11.6 Å². The molecule has 0 radical (unpaired) electrons. The van der Waals surface area contributed by atoms with E-state index in [2.05, 4.69) is 0 Å². The van der Waals surface area contributed by atoms with Gasteiger partial charge in [-0.3, -0.25) is 0 Å². The van der Waals surface area contributed by atoms with Gasteiger partial charge in [0.05, 0.1) is 0 Å². The van der Waals surface area contributed by atoms with Crippen molar-refractivity contribution in [3.8, 4) is 0 Å². The molecule has 8 heavy (non-hydrogen) atoms. The van der Waals surface area contributed by atoms with Crippen molar-refractivity contribution in [2.24, 2.45) is 0 Å². The van der Waals surface area contributed by atoms with Gasteiger partial charge in [-0.15, -0.1) is 33.2 Å². The van der Waals surface area contributed by atoms with Crippen LogP contribution in [-0.4, -0.2) is 6.73 Å². The van der Waals surface area contributed by atoms with Gasteiger partial charge in [0.25, 0.3) is 0 Å². The fourth-order valence-electron chi connectivity index (χ4n) is 0. The SMILES string of the molecule is CC=CCl.Cl[SiH](Cl)Cl. The molecule has 0 aromatic heterocycles. The largest absolute Gasteiger partial charge is 0.326 e. The van der Waals surface area contributed by atoms with Crippen LogP contribution in [0.5, 0.6) is 0 Å². The van der Waals surface area contributed by atoms with Gasteiger partial charge in [0.2, 0.25) is 0 Å². The Balaban J connectivity index is 0. The third-order valence-electron chi connectivity index (χ3n) is 0.126. The zero-order chi connectivity index (χ0) is 6.99. The molecule has 0 spiro atoms. The van der Waals surface area contributed by atoms with Crippen molar-refractivity contribution in [3.05, 3.63) is 11.6 Å². The van der Waals surface area contributed by atoms with Crippen molar-refractivity contribution >= 4 is 51.6 Å². The molecule has 0 aliphatic carbocycles. The predicted octanol–water partition coefficient (Wildman–Crippen LogP) is 3.18. The van der Waals surface area contributed by atoms with E-state index in [1.165, 1.54) is 5.54 Å². The fourth-order valence-corrected chi connectivity index (χ4v) is 0. The lowest BCUT2D eigenvalue weighted by Crippen LogP contribution is -1.66. The Hall–Kier alpha value is 1.12. The zero-order valence-corrected chi connectivity index (χ0v) is 8.42. The minimum absolute atomic E-state index is 1.47. The highest BCUT2D eigenvalue weighted by Crippen LogP contribution is 1.97. The maximum atomic E-state index is 5.01. The minimum Gasteiger partial charge on any atom is -0.130 e. The minimum atomic E-state index is -1.72. The molecule has 0 heterocycles. The zero-order valence-electron chi connectivity index (χ0n) is 4.24. The summed E-state index contributed by atoms with van der Waals surface area (Å²) in [7, 11) is 0. The Labute approximate surface area is 70.1 Å². The number of halogens is 4. The first kappa shape index (κ1) is 11.9. The molecule has 0 aliphatic heterocycles. The lowest BCUT2D eigenvalue weighted by atomic mass is 10.8. The van der Waals surface area contributed by atoms with Gasteiger partial charge in [-0.05, 0) is 12.5 Å². The van der Waals surface area contributed by atoms with E-state index in [-0.39, 0.29) is 0 Å². The van der Waals surface area contributed by atoms with Gasteiger partial charge in [0.1, 0.15) is 0 Å². The Bertz CT molecular complexity index is 46.5. The van der Waals surface area contributed by atoms with Crippen molar-refractivity contribution in [2.45, 2.75) is 6.92 Å². The number of allylic oxidation sites excluding steroid dienone is 1. The molecule has 0 amide bonds. The molecule has 0 N–H and O–H groups in total. The molecule has 5 heteroatoms. The number of hydrogen-bond acceptors (Lipinski definition) is 0. The quantitative estimate of drug-likeness (QED) is 0.427. The van der Waals surface area contributed by atoms with E-state index in [9.17, 15) is 0 Å². The predicted molar refractivity (Wildman–Crippen MR) is 45.4 cm³/mol. The summed E-state index contributed by atoms with van der Waals surface area (Å²) in [4.78, 5) is 0. The maximum Gasteiger partial charge on any atom is 0.326 e. The van der Waals surface area contributed by atoms with E-state index >= 15 is 0 Å². The molecule has 0 atom stereocenters. The van der Waals surface area contributed by atoms with Crippen LogP contribution in [0.25, 0.3) is 0 Å². The van der Waals surface area contributed by atoms with Crippen LogP contribution < -0.4 is 0 Å². The summed E-state index contributed by atoms with van der Waals surface area (Å²) in [6.07, 6.45) is 1.77. The summed E-state index contributed by atoms with van der Waals surface area (Å²) < 4.78 is 0. The highest BCUT2D eigenvalue weighted by Gasteiger charge is 1.85. The highest BCUT2D eigenvalue weighted by molar-refractivity contribution is 7.54. The Morgan fingerprint density at radius 2 is 1.38 bits per heavy atom. The van der Waals surface area contributed by atoms with Gasteiger partial charge >= 0.3 is 6.73 Å². The normalized spacial score (nSPS) is 9.25. The van der Waals surface area contributed by atoms with Gasteiger partial charge < -0.3 is 0 Å². The molecule has 50 valence electrons. The molecule has 0 saturated heterocycles. The number of hydrogen-bond donors (Lipinski definition) is 0. The summed E-state index contributed by atoms with van der Waals surface area (Å²) in [5.41, 5.74) is 1.47. The van der Waals surface area contributed by atoms with Crippen LogP contribution in [0.2, 0.25) is 0 Å². The van der Waals surface area contributed by atoms with E-state index < -0.39 is 6.73 Å². The van der Waals surface area contributed by atoms with E-state index in [0.29, 0.717) is 0 Å². The molecule has 0 nitrogen and oxygen atoms in total. The van der Waals surface area contributed by atoms with Crippen molar-refractivity contribution in [1.29, 1.82) is 0 Å². The fraction of sp³-hybridized carbons (Fsp3) is 0.333. The summed E-state index contributed by atoms with van der Waals surface area (Å²) in [6, 6.07) is 0. The van der Waals surface area contributed by atoms with Gasteiger partial charge in [0.15, 0.2) is 0 Å². The van der Waals surface area contributed by atoms with Gasteiger partial charge in [-0.25, -0.2) is 0 Å². The van der Waals surface area contributed by atoms with E-state index in [1.807, 2.05) is 6.92 Å². The summed E-state index contributed by atoms with van der Waals surface area (Å²) in [5, 5.41) is 0. The third-order valence-corrected chi connectivity index (χ3v) is 0.378. The maximum absolute atomic E-state index is 5.01. The average Bonchev–Trinajstić information content (AvgIpc) is 1.65. The second-order valence-corrected chi connectivity index (χ2v) is 7.39. The molecule has 0 bridgehead atoms. The highest BCUT2D eigenvalue weighted by atomic mass is 35.8. The van der Waals surface area contributed by atoms with Crippen LogP contribution in [0.1, 0.15) is 6.92 Å². The Morgan fingerprint density at radius 1 is 1.25 bits per heavy atom. The Morgan fingerprint density at radius 3 is 1.38 bits per heavy atom. The van der Waals surface area contributed by atoms with Crippen molar-refractivity contribution in [3.63, 3.8) is 0 Å². The lowest BCUT2D eigenvalue weighted by Gasteiger charge is -1.65. The molecule has 0 unspecified atom stereocenters. The van der Waals surface area contributed by atoms with Crippen LogP contribution >= 0.6 is 44.8 Å². The van der Waals surface area contributed by atoms with E-state index in [4.69, 9.17) is 44.8 Å². The standard InChI is InChI=1S/C3H5Cl.Cl3HSi/c1-2-3-4;1-4(2)3/h2-3H,1H3;4H. The van der Waals surface area contributed by atoms with Gasteiger partial charge in [-0.1, -0.05) is 17.7 Å². The molecule has 0 aliphatic rings. The summed E-state index contributed by atoms with van der Waals surface area (Å²) in [5.74, 6) is 0. The van der Waals surface area contributed by atoms with Gasteiger partial charge in [-0.2, -0.15) is 0 Å². The number of rotatable bonds is 0. The first-order valence-corrected chi connectivity index (χ1v) is 7.46. The summed E-state index contributed by atoms with van der Waals surface area (Å²) >= 11 is 19.8. The van der Waals surface area contributed by atoms with E-state index in [1.54, 1.807) is 6.08 Å². The molecular weight excluding hydrogens is 206 g/mol. The van der Waals surface area contributed by atoms with Gasteiger partial charge in [0, 0.05) is 0 Å². The summed E-state index contributed by atoms with van der Waals surface area (Å²) in [6.45, 7) is 0.146. The first-order chi connectivity index (χ1) is 3.65. The monoisotopic (exact) mass is 210 g/mol. The molecule has 0 rings (SSSR count). The lowest BCUT2D eigenvalue weighted by molar-refractivity contribution is 1.78. The van der Waals surface area contributed by atoms with Crippen molar-refractivity contribution < 1.29 is 0 Å². The van der Waals surface area contributed by atoms with Crippen LogP contribution in [0.4, 0.5) is 0 Å². The Kier molecular flexibility index (Phi) is 16.3. The van der Waals surface area contributed by atoms with Crippen LogP contribution in [-0.2, 0) is 0 Å². The molecule has 0 saturated carbocycles. The smallest absolute Gasteiger partial charge is 0.130 e. The third kappa shape index (κ3) is 59.4. The average molecular weight is 212 g/mol. The van der Waals surface area contributed by atoms with Crippen molar-refractivity contribution in [2.75, 3.05) is 0 Å². The van der Waals surface area contributed by atoms with Crippen LogP contribution in [0.3, 0.4) is 0 Å². The molecule has 0 aromatic carbocycles. The van der Waals surface area contributed by atoms with E-state index in [0.717, 1.165) is 0 Å². The van der Waals surface area contributed by atoms with Crippen molar-refractivity contribution in [1.82, 2.24) is 0 Å².